The third kappa shape index (κ3) is 3.40. The smallest absolute Gasteiger partial charge is 0.148 e. The number of hydrogen-bond acceptors (Lipinski definition) is 6. The van der Waals surface area contributed by atoms with Gasteiger partial charge in [-0.05, 0) is 42.0 Å². The van der Waals surface area contributed by atoms with Crippen molar-refractivity contribution in [3.05, 3.63) is 54.9 Å². The van der Waals surface area contributed by atoms with Gasteiger partial charge in [-0.15, -0.1) is 0 Å². The van der Waals surface area contributed by atoms with Crippen LogP contribution in [-0.4, -0.2) is 53.6 Å². The van der Waals surface area contributed by atoms with Crippen LogP contribution >= 0.6 is 0 Å². The van der Waals surface area contributed by atoms with Gasteiger partial charge in [-0.1, -0.05) is 6.07 Å². The van der Waals surface area contributed by atoms with Crippen molar-refractivity contribution in [2.75, 3.05) is 38.3 Å². The molecule has 1 aliphatic rings. The Morgan fingerprint density at radius 2 is 1.76 bits per heavy atom. The van der Waals surface area contributed by atoms with Crippen LogP contribution < -0.4 is 9.64 Å². The molecule has 0 radical (unpaired) electrons. The molecule has 2 aromatic carbocycles. The Kier molecular flexibility index (Phi) is 4.57. The van der Waals surface area contributed by atoms with E-state index < -0.39 is 0 Å². The number of nitrogens with zero attached hydrogens (tertiary/aromatic N) is 4. The lowest BCUT2D eigenvalue weighted by Crippen LogP contribution is -2.36. The van der Waals surface area contributed by atoms with Crippen molar-refractivity contribution in [2.24, 2.45) is 0 Å². The van der Waals surface area contributed by atoms with E-state index in [4.69, 9.17) is 14.5 Å². The highest BCUT2D eigenvalue weighted by Crippen LogP contribution is 2.32. The highest BCUT2D eigenvalue weighted by molar-refractivity contribution is 5.87. The van der Waals surface area contributed by atoms with Crippen LogP contribution in [0.25, 0.3) is 33.4 Å². The summed E-state index contributed by atoms with van der Waals surface area (Å²) in [6.45, 7) is 3.12. The van der Waals surface area contributed by atoms with Gasteiger partial charge in [0.05, 0.1) is 49.4 Å². The van der Waals surface area contributed by atoms with Crippen LogP contribution in [0.3, 0.4) is 0 Å². The normalized spacial score (nSPS) is 14.3. The number of benzene rings is 2. The Bertz CT molecular complexity index is 1130. The van der Waals surface area contributed by atoms with Gasteiger partial charge in [-0.3, -0.25) is 10.1 Å². The van der Waals surface area contributed by atoms with E-state index in [2.05, 4.69) is 32.2 Å². The van der Waals surface area contributed by atoms with Crippen molar-refractivity contribution in [1.29, 1.82) is 0 Å². The summed E-state index contributed by atoms with van der Waals surface area (Å²) in [4.78, 5) is 11.7. The number of ether oxygens (including phenoxy) is 2. The molecule has 7 nitrogen and oxygen atoms in total. The summed E-state index contributed by atoms with van der Waals surface area (Å²) in [6.07, 6.45) is 3.69. The van der Waals surface area contributed by atoms with Crippen molar-refractivity contribution in [3.63, 3.8) is 0 Å². The van der Waals surface area contributed by atoms with E-state index in [1.807, 2.05) is 42.7 Å². The molecule has 0 amide bonds. The van der Waals surface area contributed by atoms with Gasteiger partial charge in [0.1, 0.15) is 11.6 Å². The molecular weight excluding hydrogens is 366 g/mol. The Hall–Kier alpha value is -3.45. The lowest BCUT2D eigenvalue weighted by atomic mass is 10.0. The molecule has 2 aromatic heterocycles. The molecule has 5 rings (SSSR count). The van der Waals surface area contributed by atoms with Gasteiger partial charge in [0.25, 0.3) is 0 Å². The molecule has 0 aliphatic carbocycles. The quantitative estimate of drug-likeness (QED) is 0.577. The second-order valence-corrected chi connectivity index (χ2v) is 6.92. The van der Waals surface area contributed by atoms with Crippen LogP contribution in [0.5, 0.6) is 5.75 Å². The number of aromatic nitrogens is 4. The molecule has 0 bridgehead atoms. The first kappa shape index (κ1) is 17.6. The van der Waals surface area contributed by atoms with E-state index in [0.717, 1.165) is 71.3 Å². The van der Waals surface area contributed by atoms with Gasteiger partial charge in [0, 0.05) is 24.2 Å². The highest BCUT2D eigenvalue weighted by atomic mass is 16.5. The predicted molar refractivity (Wildman–Crippen MR) is 112 cm³/mol. The molecule has 0 unspecified atom stereocenters. The highest BCUT2D eigenvalue weighted by Gasteiger charge is 2.15. The Morgan fingerprint density at radius 3 is 2.55 bits per heavy atom. The van der Waals surface area contributed by atoms with Crippen molar-refractivity contribution in [3.8, 4) is 28.1 Å². The van der Waals surface area contributed by atoms with Gasteiger partial charge in [0.2, 0.25) is 0 Å². The second-order valence-electron chi connectivity index (χ2n) is 6.92. The molecule has 1 N–H and O–H groups in total. The Labute approximate surface area is 168 Å². The fourth-order valence-electron chi connectivity index (χ4n) is 3.60. The molecule has 7 heteroatoms. The Morgan fingerprint density at radius 1 is 0.966 bits per heavy atom. The fourth-order valence-corrected chi connectivity index (χ4v) is 3.60. The van der Waals surface area contributed by atoms with Gasteiger partial charge < -0.3 is 14.4 Å². The average Bonchev–Trinajstić information content (AvgIpc) is 3.29. The number of nitrogens with one attached hydrogen (secondary N) is 1. The van der Waals surface area contributed by atoms with Crippen molar-refractivity contribution >= 4 is 16.9 Å². The zero-order chi connectivity index (χ0) is 19.6. The summed E-state index contributed by atoms with van der Waals surface area (Å²) in [5.74, 6) is 1.71. The van der Waals surface area contributed by atoms with E-state index in [-0.39, 0.29) is 0 Å². The number of hydrogen-bond donors (Lipinski definition) is 1. The molecule has 0 spiro atoms. The minimum atomic E-state index is 0.722. The van der Waals surface area contributed by atoms with Crippen LogP contribution in [0.1, 0.15) is 0 Å². The van der Waals surface area contributed by atoms with E-state index in [1.165, 1.54) is 0 Å². The Balaban J connectivity index is 1.52. The fraction of sp³-hybridized carbons (Fsp3) is 0.227. The number of rotatable bonds is 4. The average molecular weight is 387 g/mol. The zero-order valence-corrected chi connectivity index (χ0v) is 16.1. The number of methoxy groups -OCH3 is 1. The van der Waals surface area contributed by atoms with E-state index in [0.29, 0.717) is 0 Å². The maximum atomic E-state index is 5.44. The summed E-state index contributed by atoms with van der Waals surface area (Å²) < 4.78 is 10.7. The monoisotopic (exact) mass is 387 g/mol. The molecule has 4 aromatic rings. The van der Waals surface area contributed by atoms with Crippen LogP contribution in [0.2, 0.25) is 0 Å². The topological polar surface area (TPSA) is 76.2 Å². The first-order valence-electron chi connectivity index (χ1n) is 9.59. The number of aromatic amines is 1. The minimum Gasteiger partial charge on any atom is -0.497 e. The number of H-pyrrole nitrogens is 1. The van der Waals surface area contributed by atoms with Gasteiger partial charge in [-0.2, -0.15) is 5.10 Å². The van der Waals surface area contributed by atoms with E-state index >= 15 is 0 Å². The number of morpholine rings is 1. The SMILES string of the molecule is COc1ccc(-c2[nH]ncc2-c2ccc3ncc(N4CCOCC4)nc3c2)cc1. The van der Waals surface area contributed by atoms with Crippen molar-refractivity contribution in [2.45, 2.75) is 0 Å². The molecule has 3 heterocycles. The largest absolute Gasteiger partial charge is 0.497 e. The van der Waals surface area contributed by atoms with Crippen LogP contribution in [-0.2, 0) is 4.74 Å². The third-order valence-electron chi connectivity index (χ3n) is 5.19. The van der Waals surface area contributed by atoms with Crippen molar-refractivity contribution < 1.29 is 9.47 Å². The maximum absolute atomic E-state index is 5.44. The molecule has 146 valence electrons. The van der Waals surface area contributed by atoms with Crippen molar-refractivity contribution in [1.82, 2.24) is 20.2 Å². The lowest BCUT2D eigenvalue weighted by Gasteiger charge is -2.27. The lowest BCUT2D eigenvalue weighted by molar-refractivity contribution is 0.122. The molecule has 1 saturated heterocycles. The summed E-state index contributed by atoms with van der Waals surface area (Å²) in [5, 5.41) is 7.39. The minimum absolute atomic E-state index is 0.722. The first-order valence-corrected chi connectivity index (χ1v) is 9.59. The van der Waals surface area contributed by atoms with Crippen LogP contribution in [0, 0.1) is 0 Å². The summed E-state index contributed by atoms with van der Waals surface area (Å²) in [5.41, 5.74) is 5.82. The molecule has 1 aliphatic heterocycles. The molecule has 0 atom stereocenters. The number of anilines is 1. The predicted octanol–water partition coefficient (Wildman–Crippen LogP) is 3.53. The maximum Gasteiger partial charge on any atom is 0.148 e. The summed E-state index contributed by atoms with van der Waals surface area (Å²) in [6, 6.07) is 14.1. The van der Waals surface area contributed by atoms with Gasteiger partial charge in [0.15, 0.2) is 0 Å². The van der Waals surface area contributed by atoms with Gasteiger partial charge in [-0.25, -0.2) is 4.98 Å². The zero-order valence-electron chi connectivity index (χ0n) is 16.1. The van der Waals surface area contributed by atoms with Gasteiger partial charge >= 0.3 is 0 Å². The third-order valence-corrected chi connectivity index (χ3v) is 5.19. The van der Waals surface area contributed by atoms with Crippen LogP contribution in [0.15, 0.2) is 54.9 Å². The standard InChI is InChI=1S/C22H21N5O2/c1-28-17-5-2-15(3-6-17)22-18(13-24-26-22)16-4-7-19-20(12-16)25-21(14-23-19)27-8-10-29-11-9-27/h2-7,12-14H,8-11H2,1H3,(H,24,26). The van der Waals surface area contributed by atoms with Crippen LogP contribution in [0.4, 0.5) is 5.82 Å². The van der Waals surface area contributed by atoms with E-state index in [1.54, 1.807) is 7.11 Å². The molecule has 0 saturated carbocycles. The molecule has 29 heavy (non-hydrogen) atoms. The second kappa shape index (κ2) is 7.52. The van der Waals surface area contributed by atoms with E-state index in [9.17, 15) is 0 Å². The summed E-state index contributed by atoms with van der Waals surface area (Å²) >= 11 is 0. The summed E-state index contributed by atoms with van der Waals surface area (Å²) in [7, 11) is 1.66. The number of fused-ring (bicyclic) bond motifs is 1. The molecule has 1 fully saturated rings. The first-order chi connectivity index (χ1) is 14.3. The molecular formula is C22H21N5O2.